The Morgan fingerprint density at radius 2 is 0.831 bits per heavy atom. The number of phenols is 2. The van der Waals surface area contributed by atoms with Crippen molar-refractivity contribution in [2.45, 2.75) is 270 Å². The molecule has 7 N–H and O–H groups in total. The standard InChI is InChI=1S/C57H69N5O9S.C55H66N4O10S/c1-37-22-24-45-43(35-37)55(5,6)47(61(45)33-18-30-59-54(67)57(9)29-28-42-40(4)52(66)38(2)39(3)53(42)71-57)19-14-11-10-12-15-20-48-56(7,8)44-36-41(72(68,69)70)23-25-46(44)60(48)32-17-13-16-21-49(63)58-31-34-62-50(64)26-27-51(62)65;1-35-22-24-43-41(33-35)53(5,6)45(58(43)32-18-30-56-52(64)55(9)29-28-40-38(4)50(63)36(2)37(3)51(40)68-55)19-14-11-10-12-15-20-46-54(7,8)42-34-39(70(65,66)67)23-25-44(42)57(46)31-17-13-16-21-49(62)69-59-47(60)26-27-48(59)61/h10-12,14-15,19-20,22-27,35-36H,13,16-18,21,28-34H2,1-9H3,(H3-,58,59,63,66,67,68,69,70);10-12,14-15,19-20,22-25,33-34H,13,16-18,21,26-32H2,1-9H3,(H2-,56,63,64,65,66,67)/p+2. The molecular weight excluding hydrogens is 1840 g/mol. The predicted octanol–water partition coefficient (Wildman–Crippen LogP) is 17.5. The van der Waals surface area contributed by atoms with Gasteiger partial charge in [0, 0.05) is 183 Å². The van der Waals surface area contributed by atoms with Crippen LogP contribution in [0.25, 0.3) is 0 Å². The number of ether oxygens (including phenoxy) is 2. The Morgan fingerprint density at radius 3 is 1.25 bits per heavy atom. The van der Waals surface area contributed by atoms with Crippen LogP contribution in [0.3, 0.4) is 0 Å². The summed E-state index contributed by atoms with van der Waals surface area (Å²) in [6.07, 6.45) is 38.6. The van der Waals surface area contributed by atoms with Crippen LogP contribution in [0.15, 0.2) is 191 Å². The van der Waals surface area contributed by atoms with Gasteiger partial charge < -0.3 is 50.3 Å². The van der Waals surface area contributed by atoms with E-state index in [1.807, 2.05) is 156 Å². The van der Waals surface area contributed by atoms with Crippen molar-refractivity contribution in [3.05, 3.63) is 259 Å². The largest absolute Gasteiger partial charge is 0.507 e. The molecule has 2 unspecified atom stereocenters. The molecule has 8 aliphatic rings. The van der Waals surface area contributed by atoms with Gasteiger partial charge in [0.1, 0.15) is 36.1 Å². The first-order chi connectivity index (χ1) is 66.9. The number of anilines is 2. The van der Waals surface area contributed by atoms with Gasteiger partial charge in [0.05, 0.1) is 20.6 Å². The number of phenolic OH excluding ortho intramolecular Hbond substituents is 2. The molecule has 8 heterocycles. The molecule has 1 saturated heterocycles. The number of amides is 7. The molecule has 8 aliphatic heterocycles. The number of rotatable bonds is 36. The van der Waals surface area contributed by atoms with Crippen molar-refractivity contribution in [1.29, 1.82) is 0 Å². The molecule has 2 atom stereocenters. The highest BCUT2D eigenvalue weighted by molar-refractivity contribution is 7.86. The predicted molar refractivity (Wildman–Crippen MR) is 550 cm³/mol. The molecule has 0 aromatic heterocycles. The molecule has 0 saturated carbocycles. The van der Waals surface area contributed by atoms with E-state index in [1.54, 1.807) is 18.2 Å². The molecule has 0 aliphatic carbocycles. The van der Waals surface area contributed by atoms with Crippen molar-refractivity contribution in [2.24, 2.45) is 0 Å². The van der Waals surface area contributed by atoms with Crippen LogP contribution in [0.1, 0.15) is 237 Å². The molecule has 0 spiro atoms. The topological polar surface area (TPSA) is 369 Å². The minimum atomic E-state index is -4.44. The van der Waals surface area contributed by atoms with E-state index in [0.29, 0.717) is 132 Å². The molecule has 0 radical (unpaired) electrons. The number of carbonyl (C=O) groups is 8. The smallest absolute Gasteiger partial charge is 0.333 e. The fraction of sp³-hybridized carbons (Fsp3) is 0.429. The van der Waals surface area contributed by atoms with E-state index < -0.39 is 60.1 Å². The van der Waals surface area contributed by atoms with Crippen LogP contribution in [0, 0.1) is 55.4 Å². The quantitative estimate of drug-likeness (QED) is 0.00631. The minimum Gasteiger partial charge on any atom is -0.507 e. The second kappa shape index (κ2) is 43.1. The zero-order chi connectivity index (χ0) is 103. The average Bonchev–Trinajstić information content (AvgIpc) is 1.53. The number of aryl methyl sites for hydroxylation is 2. The maximum absolute atomic E-state index is 13.7. The molecule has 6 aromatic carbocycles. The van der Waals surface area contributed by atoms with Crippen molar-refractivity contribution in [3.8, 4) is 23.0 Å². The maximum Gasteiger partial charge on any atom is 0.333 e. The Labute approximate surface area is 835 Å². The van der Waals surface area contributed by atoms with E-state index in [9.17, 15) is 74.5 Å². The third kappa shape index (κ3) is 22.6. The Hall–Kier alpha value is -12.9. The van der Waals surface area contributed by atoms with E-state index in [4.69, 9.17) is 14.3 Å². The summed E-state index contributed by atoms with van der Waals surface area (Å²) in [5.41, 5.74) is 17.5. The van der Waals surface area contributed by atoms with Gasteiger partial charge in [-0.1, -0.05) is 124 Å². The second-order valence-electron chi connectivity index (χ2n) is 40.7. The molecule has 7 amide bonds. The van der Waals surface area contributed by atoms with Gasteiger partial charge in [-0.3, -0.25) is 47.6 Å². The average molecular weight is 1980 g/mol. The van der Waals surface area contributed by atoms with Crippen LogP contribution in [-0.4, -0.2) is 178 Å². The number of imide groups is 2. The number of fused-ring (bicyclic) bond motifs is 6. The van der Waals surface area contributed by atoms with Crippen LogP contribution in [0.5, 0.6) is 23.0 Å². The van der Waals surface area contributed by atoms with Gasteiger partial charge in [-0.15, -0.1) is 5.06 Å². The molecule has 0 bridgehead atoms. The molecule has 142 heavy (non-hydrogen) atoms. The lowest BCUT2D eigenvalue weighted by atomic mass is 9.81. The van der Waals surface area contributed by atoms with Crippen LogP contribution < -0.4 is 35.2 Å². The summed E-state index contributed by atoms with van der Waals surface area (Å²) in [7, 11) is -8.86. The van der Waals surface area contributed by atoms with Crippen molar-refractivity contribution in [3.63, 3.8) is 0 Å². The highest BCUT2D eigenvalue weighted by Crippen LogP contribution is 2.52. The van der Waals surface area contributed by atoms with E-state index in [-0.39, 0.29) is 88.3 Å². The molecular formula is C112H137N9O19S2+2. The summed E-state index contributed by atoms with van der Waals surface area (Å²) >= 11 is 0. The lowest BCUT2D eigenvalue weighted by Gasteiger charge is -2.36. The second-order valence-corrected chi connectivity index (χ2v) is 43.6. The van der Waals surface area contributed by atoms with Gasteiger partial charge in [-0.05, 0) is 241 Å². The van der Waals surface area contributed by atoms with Gasteiger partial charge in [0.2, 0.25) is 17.3 Å². The number of allylic oxidation sites excluding steroid dienone is 16. The Kier molecular flexibility index (Phi) is 32.3. The first-order valence-corrected chi connectivity index (χ1v) is 52.0. The SMILES string of the molecule is Cc1ccc2c(c1)C(C)(C)C(=CC=CC=CC=CC1=[N+](CCCCCC(=O)NCCN3C(=O)C=CC3=O)c3ccc(S(=O)(=O)O)cc3C1(C)C)N2CCCNC(=O)C1(C)CCc2c(C)c(O)c(C)c(C)c2O1.Cc1ccc2c(c1)C(C)(C)C(=CC=CC=CC=CC1=[N+](CCCCCC(=O)ON3C(=O)CCC3=O)c3ccc(S(=O)(=O)O)cc3C1(C)C)N2CCCNC(=O)C1(C)CCc2c(C)c(O)c(C)c(C)c2O1. The molecule has 30 heteroatoms. The minimum absolute atomic E-state index is 0.0329. The first-order valence-electron chi connectivity index (χ1n) is 49.1. The lowest BCUT2D eigenvalue weighted by molar-refractivity contribution is -0.438. The van der Waals surface area contributed by atoms with Crippen molar-refractivity contribution < 1.29 is 98.0 Å². The molecule has 1 fully saturated rings. The summed E-state index contributed by atoms with van der Waals surface area (Å²) in [6.45, 7) is 40.1. The number of carbonyl (C=O) groups excluding carboxylic acids is 8. The fourth-order valence-corrected chi connectivity index (χ4v) is 21.5. The summed E-state index contributed by atoms with van der Waals surface area (Å²) in [5.74, 6) is -0.912. The van der Waals surface area contributed by atoms with E-state index in [0.717, 1.165) is 119 Å². The monoisotopic (exact) mass is 1980 g/mol. The van der Waals surface area contributed by atoms with Gasteiger partial charge in [0.25, 0.3) is 55.7 Å². The van der Waals surface area contributed by atoms with E-state index >= 15 is 0 Å². The fourth-order valence-electron chi connectivity index (χ4n) is 20.5. The number of benzene rings is 6. The number of hydrogen-bond donors (Lipinski definition) is 7. The van der Waals surface area contributed by atoms with E-state index in [2.05, 4.69) is 125 Å². The van der Waals surface area contributed by atoms with Crippen LogP contribution in [-0.2, 0) is 97.9 Å². The van der Waals surface area contributed by atoms with Crippen LogP contribution in [0.4, 0.5) is 22.7 Å². The zero-order valence-corrected chi connectivity index (χ0v) is 86.7. The van der Waals surface area contributed by atoms with Crippen molar-refractivity contribution in [2.75, 3.05) is 62.2 Å². The summed E-state index contributed by atoms with van der Waals surface area (Å²) in [5, 5.41) is 30.9. The highest BCUT2D eigenvalue weighted by Gasteiger charge is 2.50. The third-order valence-corrected chi connectivity index (χ3v) is 31.0. The van der Waals surface area contributed by atoms with Gasteiger partial charge in [-0.2, -0.15) is 26.0 Å². The van der Waals surface area contributed by atoms with Crippen LogP contribution >= 0.6 is 0 Å². The molecule has 28 nitrogen and oxygen atoms in total. The Bertz CT molecular complexity index is 6660. The first kappa shape index (κ1) is 106. The summed E-state index contributed by atoms with van der Waals surface area (Å²) in [4.78, 5) is 110. The van der Waals surface area contributed by atoms with Crippen LogP contribution in [0.2, 0.25) is 0 Å². The Morgan fingerprint density at radius 1 is 0.430 bits per heavy atom. The number of unbranched alkanes of at least 4 members (excludes halogenated alkanes) is 4. The number of nitrogens with zero attached hydrogens (tertiary/aromatic N) is 6. The summed E-state index contributed by atoms with van der Waals surface area (Å²) < 4.78 is 85.6. The molecule has 14 rings (SSSR count). The van der Waals surface area contributed by atoms with Gasteiger partial charge in [0.15, 0.2) is 22.6 Å². The van der Waals surface area contributed by atoms with Gasteiger partial charge >= 0.3 is 5.97 Å². The van der Waals surface area contributed by atoms with Gasteiger partial charge in [-0.25, -0.2) is 4.79 Å². The Balaban J connectivity index is 0.000000239. The van der Waals surface area contributed by atoms with Crippen molar-refractivity contribution in [1.82, 2.24) is 25.9 Å². The lowest BCUT2D eigenvalue weighted by Crippen LogP contribution is -2.51. The molecule has 754 valence electrons. The number of nitrogens with one attached hydrogen (secondary N) is 3. The number of aromatic hydroxyl groups is 2. The third-order valence-electron chi connectivity index (χ3n) is 29.3. The van der Waals surface area contributed by atoms with E-state index in [1.165, 1.54) is 52.6 Å². The normalized spacial score (nSPS) is 19.8. The number of hydrogen-bond acceptors (Lipinski definition) is 19. The summed E-state index contributed by atoms with van der Waals surface area (Å²) in [6, 6.07) is 22.4. The zero-order valence-electron chi connectivity index (χ0n) is 85.0. The maximum atomic E-state index is 13.7. The highest BCUT2D eigenvalue weighted by atomic mass is 32.2. The van der Waals surface area contributed by atoms with Crippen molar-refractivity contribution >= 4 is 102 Å². The molecule has 6 aromatic rings. The number of hydroxylamine groups is 2.